The van der Waals surface area contributed by atoms with Gasteiger partial charge >= 0.3 is 0 Å². The zero-order valence-corrected chi connectivity index (χ0v) is 7.76. The summed E-state index contributed by atoms with van der Waals surface area (Å²) in [6.07, 6.45) is 4.41. The molecule has 1 radical (unpaired) electrons. The molecule has 1 heterocycles. The topological polar surface area (TPSA) is 0 Å². The predicted octanol–water partition coefficient (Wildman–Crippen LogP) is 1.52. The van der Waals surface area contributed by atoms with Gasteiger partial charge in [0.2, 0.25) is 0 Å². The van der Waals surface area contributed by atoms with Gasteiger partial charge in [-0.2, -0.15) is 11.8 Å². The molecule has 37 valence electrons. The summed E-state index contributed by atoms with van der Waals surface area (Å²) in [7, 11) is 0. The molecule has 0 amide bonds. The zero-order chi connectivity index (χ0) is 4.24. The summed E-state index contributed by atoms with van der Waals surface area (Å²) >= 11 is 2.09. The molecule has 1 fully saturated rings. The van der Waals surface area contributed by atoms with Gasteiger partial charge in [0.1, 0.15) is 0 Å². The molecule has 0 atom stereocenters. The summed E-state index contributed by atoms with van der Waals surface area (Å²) in [5, 5.41) is 0. The normalized spacial score (nSPS) is 20.6. The van der Waals surface area contributed by atoms with Gasteiger partial charge in [-0.1, -0.05) is 6.42 Å². The number of hydrogen-bond acceptors (Lipinski definition) is 1. The van der Waals surface area contributed by atoms with Gasteiger partial charge in [-0.25, -0.2) is 0 Å². The van der Waals surface area contributed by atoms with Crippen LogP contribution in [0.3, 0.4) is 0 Å². The molecule has 0 bridgehead atoms. The van der Waals surface area contributed by atoms with Crippen LogP contribution in [0.5, 0.6) is 0 Å². The van der Waals surface area contributed by atoms with E-state index in [0.29, 0.717) is 0 Å². The van der Waals surface area contributed by atoms with E-state index in [2.05, 4.69) is 11.8 Å². The van der Waals surface area contributed by atoms with E-state index in [-0.39, 0.29) is 29.6 Å². The van der Waals surface area contributed by atoms with Crippen LogP contribution in [0.1, 0.15) is 19.3 Å². The SMILES string of the molecule is C1CCSCC1.[Na]. The third-order valence-electron chi connectivity index (χ3n) is 1.08. The van der Waals surface area contributed by atoms with Crippen LogP contribution in [0, 0.1) is 0 Å². The maximum atomic E-state index is 2.09. The molecular formula is C5H10NaS. The molecule has 1 saturated heterocycles. The Labute approximate surface area is 71.7 Å². The maximum absolute atomic E-state index is 2.09. The van der Waals surface area contributed by atoms with Gasteiger partial charge in [-0.3, -0.25) is 0 Å². The van der Waals surface area contributed by atoms with Crippen LogP contribution >= 0.6 is 11.8 Å². The Morgan fingerprint density at radius 2 is 1.43 bits per heavy atom. The van der Waals surface area contributed by atoms with Crippen molar-refractivity contribution < 1.29 is 0 Å². The van der Waals surface area contributed by atoms with Crippen molar-refractivity contribution in [3.63, 3.8) is 0 Å². The molecule has 0 unspecified atom stereocenters. The van der Waals surface area contributed by atoms with Crippen LogP contribution in [0.25, 0.3) is 0 Å². The smallest absolute Gasteiger partial charge is 0 e. The van der Waals surface area contributed by atoms with Crippen molar-refractivity contribution >= 4 is 41.3 Å². The standard InChI is InChI=1S/C5H10S.Na/c1-2-4-6-5-3-1;/h1-5H2;. The molecule has 0 aromatic heterocycles. The second-order valence-corrected chi connectivity index (χ2v) is 2.90. The van der Waals surface area contributed by atoms with E-state index in [4.69, 9.17) is 0 Å². The van der Waals surface area contributed by atoms with Gasteiger partial charge in [0, 0.05) is 29.6 Å². The monoisotopic (exact) mass is 125 g/mol. The van der Waals surface area contributed by atoms with E-state index in [1.807, 2.05) is 0 Å². The Morgan fingerprint density at radius 3 is 1.57 bits per heavy atom. The average Bonchev–Trinajstić information content (AvgIpc) is 1.72. The molecule has 1 rings (SSSR count). The van der Waals surface area contributed by atoms with E-state index in [0.717, 1.165) is 0 Å². The Bertz CT molecular complexity index is 23.6. The Balaban J connectivity index is 0.000000360. The molecule has 2 heteroatoms. The maximum Gasteiger partial charge on any atom is 0 e. The van der Waals surface area contributed by atoms with E-state index in [1.165, 1.54) is 30.8 Å². The fraction of sp³-hybridized carbons (Fsp3) is 1.00. The summed E-state index contributed by atoms with van der Waals surface area (Å²) in [6, 6.07) is 0. The van der Waals surface area contributed by atoms with Gasteiger partial charge in [0.15, 0.2) is 0 Å². The van der Waals surface area contributed by atoms with Gasteiger partial charge in [-0.15, -0.1) is 0 Å². The fourth-order valence-electron chi connectivity index (χ4n) is 0.687. The molecule has 0 nitrogen and oxygen atoms in total. The van der Waals surface area contributed by atoms with E-state index < -0.39 is 0 Å². The summed E-state index contributed by atoms with van der Waals surface area (Å²) in [4.78, 5) is 0. The minimum Gasteiger partial charge on any atom is -0.162 e. The quantitative estimate of drug-likeness (QED) is 0.442. The summed E-state index contributed by atoms with van der Waals surface area (Å²) < 4.78 is 0. The van der Waals surface area contributed by atoms with Gasteiger partial charge in [0.05, 0.1) is 0 Å². The van der Waals surface area contributed by atoms with Crippen molar-refractivity contribution in [2.45, 2.75) is 19.3 Å². The van der Waals surface area contributed by atoms with Crippen molar-refractivity contribution in [2.75, 3.05) is 11.5 Å². The van der Waals surface area contributed by atoms with E-state index >= 15 is 0 Å². The van der Waals surface area contributed by atoms with Crippen LogP contribution < -0.4 is 0 Å². The Hall–Kier alpha value is 1.35. The van der Waals surface area contributed by atoms with Crippen LogP contribution in [0.15, 0.2) is 0 Å². The third-order valence-corrected chi connectivity index (χ3v) is 2.23. The molecule has 7 heavy (non-hydrogen) atoms. The molecule has 1 aliphatic rings. The van der Waals surface area contributed by atoms with Crippen molar-refractivity contribution in [3.8, 4) is 0 Å². The predicted molar refractivity (Wildman–Crippen MR) is 36.9 cm³/mol. The molecule has 0 spiro atoms. The zero-order valence-electron chi connectivity index (χ0n) is 4.94. The average molecular weight is 125 g/mol. The Morgan fingerprint density at radius 1 is 0.857 bits per heavy atom. The van der Waals surface area contributed by atoms with E-state index in [1.54, 1.807) is 0 Å². The van der Waals surface area contributed by atoms with Crippen molar-refractivity contribution in [1.29, 1.82) is 0 Å². The van der Waals surface area contributed by atoms with Crippen molar-refractivity contribution in [3.05, 3.63) is 0 Å². The first-order chi connectivity index (χ1) is 3.00. The summed E-state index contributed by atoms with van der Waals surface area (Å²) in [5.41, 5.74) is 0. The van der Waals surface area contributed by atoms with Gasteiger partial charge in [0.25, 0.3) is 0 Å². The summed E-state index contributed by atoms with van der Waals surface area (Å²) in [6.45, 7) is 0. The summed E-state index contributed by atoms with van der Waals surface area (Å²) in [5.74, 6) is 2.83. The minimum absolute atomic E-state index is 0. The third kappa shape index (κ3) is 3.89. The van der Waals surface area contributed by atoms with Crippen LogP contribution in [0.2, 0.25) is 0 Å². The molecule has 0 aromatic carbocycles. The molecule has 0 N–H and O–H groups in total. The molecule has 0 aliphatic carbocycles. The fourth-order valence-corrected chi connectivity index (χ4v) is 1.71. The molecular weight excluding hydrogens is 115 g/mol. The van der Waals surface area contributed by atoms with Crippen LogP contribution in [-0.4, -0.2) is 41.1 Å². The van der Waals surface area contributed by atoms with Gasteiger partial charge < -0.3 is 0 Å². The Kier molecular flexibility index (Phi) is 6.54. The number of thioether (sulfide) groups is 1. The van der Waals surface area contributed by atoms with Crippen LogP contribution in [-0.2, 0) is 0 Å². The first kappa shape index (κ1) is 8.35. The second-order valence-electron chi connectivity index (χ2n) is 1.67. The van der Waals surface area contributed by atoms with Gasteiger partial charge in [-0.05, 0) is 24.3 Å². The minimum atomic E-state index is 0. The first-order valence-electron chi connectivity index (χ1n) is 2.58. The largest absolute Gasteiger partial charge is 0.162 e. The molecule has 1 aliphatic heterocycles. The number of rotatable bonds is 0. The second kappa shape index (κ2) is 5.49. The number of hydrogen-bond donors (Lipinski definition) is 0. The van der Waals surface area contributed by atoms with Crippen molar-refractivity contribution in [2.24, 2.45) is 0 Å². The molecule has 0 saturated carbocycles. The molecule has 0 aromatic rings. The van der Waals surface area contributed by atoms with E-state index in [9.17, 15) is 0 Å². The van der Waals surface area contributed by atoms with Crippen LogP contribution in [0.4, 0.5) is 0 Å². The van der Waals surface area contributed by atoms with Crippen molar-refractivity contribution in [1.82, 2.24) is 0 Å². The first-order valence-corrected chi connectivity index (χ1v) is 3.73.